The Morgan fingerprint density at radius 3 is 1.73 bits per heavy atom. The van der Waals surface area contributed by atoms with Crippen LogP contribution in [0.5, 0.6) is 0 Å². The number of ether oxygens (including phenoxy) is 2. The van der Waals surface area contributed by atoms with Crippen LogP contribution in [0, 0.1) is 0 Å². The summed E-state index contributed by atoms with van der Waals surface area (Å²) in [6.45, 7) is 4.21. The Hall–Kier alpha value is -2.03. The van der Waals surface area contributed by atoms with Gasteiger partial charge in [-0.25, -0.2) is 4.57 Å². The Kier molecular flexibility index (Phi) is 30.6. The van der Waals surface area contributed by atoms with Crippen LogP contribution in [0.3, 0.4) is 0 Å². The van der Waals surface area contributed by atoms with Crippen LogP contribution >= 0.6 is 7.82 Å². The third-order valence-corrected chi connectivity index (χ3v) is 8.70. The molecular formula is C39H71NO8P+. The standard InChI is InChI=1S/C39H70NO8P/c1-6-8-10-12-14-16-18-19-20-21-22-24-26-28-30-32-39(42)48-37(36-47-49(43,44)46-34-33-40(3,4)5)35-45-38(41)31-29-27-25-23-17-15-13-11-9-7-2/h8,10,12,14,16,18-20,37H,6-7,9,11,13,15,17,21-36H2,1-5H3/p+1/b10-8+,14-12+,18-16+,20-19+/t37-/m1/s1. The first-order valence-electron chi connectivity index (χ1n) is 18.9. The summed E-state index contributed by atoms with van der Waals surface area (Å²) in [5.74, 6) is -0.832. The molecule has 0 aliphatic heterocycles. The van der Waals surface area contributed by atoms with E-state index in [1.165, 1.54) is 44.9 Å². The molecule has 0 aromatic rings. The Bertz CT molecular complexity index is 986. The molecule has 10 heteroatoms. The highest BCUT2D eigenvalue weighted by molar-refractivity contribution is 7.47. The Morgan fingerprint density at radius 1 is 0.653 bits per heavy atom. The maximum absolute atomic E-state index is 12.6. The van der Waals surface area contributed by atoms with Gasteiger partial charge < -0.3 is 18.9 Å². The van der Waals surface area contributed by atoms with Crippen molar-refractivity contribution in [2.45, 2.75) is 142 Å². The van der Waals surface area contributed by atoms with Crippen molar-refractivity contribution in [2.24, 2.45) is 0 Å². The molecule has 0 aliphatic carbocycles. The number of likely N-dealkylation sites (N-methyl/N-ethyl adjacent to an activating group) is 1. The van der Waals surface area contributed by atoms with E-state index in [9.17, 15) is 19.0 Å². The van der Waals surface area contributed by atoms with E-state index in [0.29, 0.717) is 17.4 Å². The van der Waals surface area contributed by atoms with E-state index < -0.39 is 26.5 Å². The van der Waals surface area contributed by atoms with Crippen molar-refractivity contribution in [1.82, 2.24) is 0 Å². The third-order valence-electron chi connectivity index (χ3n) is 7.72. The molecule has 0 amide bonds. The van der Waals surface area contributed by atoms with Crippen LogP contribution in [0.15, 0.2) is 48.6 Å². The summed E-state index contributed by atoms with van der Waals surface area (Å²) in [5, 5.41) is 0. The van der Waals surface area contributed by atoms with E-state index in [1.807, 2.05) is 51.5 Å². The minimum atomic E-state index is -4.37. The van der Waals surface area contributed by atoms with Crippen molar-refractivity contribution in [3.05, 3.63) is 48.6 Å². The fraction of sp³-hybridized carbons (Fsp3) is 0.744. The first-order chi connectivity index (χ1) is 23.5. The average Bonchev–Trinajstić information content (AvgIpc) is 3.04. The average molecular weight is 713 g/mol. The first-order valence-corrected chi connectivity index (χ1v) is 20.4. The number of unbranched alkanes of at least 4 members (excludes halogenated alkanes) is 14. The zero-order chi connectivity index (χ0) is 36.5. The van der Waals surface area contributed by atoms with Crippen LogP contribution in [0.4, 0.5) is 0 Å². The zero-order valence-corrected chi connectivity index (χ0v) is 32.6. The Balaban J connectivity index is 4.50. The summed E-state index contributed by atoms with van der Waals surface area (Å²) in [7, 11) is 1.45. The van der Waals surface area contributed by atoms with E-state index in [0.717, 1.165) is 57.8 Å². The van der Waals surface area contributed by atoms with Crippen LogP contribution in [-0.2, 0) is 32.7 Å². The van der Waals surface area contributed by atoms with Gasteiger partial charge in [-0.05, 0) is 32.1 Å². The number of hydrogen-bond donors (Lipinski definition) is 1. The topological polar surface area (TPSA) is 108 Å². The molecule has 9 nitrogen and oxygen atoms in total. The van der Waals surface area contributed by atoms with Crippen LogP contribution in [0.1, 0.15) is 136 Å². The second-order valence-corrected chi connectivity index (χ2v) is 15.1. The molecule has 1 N–H and O–H groups in total. The van der Waals surface area contributed by atoms with Gasteiger partial charge in [0.25, 0.3) is 0 Å². The highest BCUT2D eigenvalue weighted by Gasteiger charge is 2.27. The van der Waals surface area contributed by atoms with Gasteiger partial charge in [-0.2, -0.15) is 0 Å². The molecule has 1 unspecified atom stereocenters. The van der Waals surface area contributed by atoms with Gasteiger partial charge in [-0.1, -0.05) is 140 Å². The van der Waals surface area contributed by atoms with Crippen LogP contribution < -0.4 is 0 Å². The molecule has 0 spiro atoms. The molecular weight excluding hydrogens is 641 g/mol. The van der Waals surface area contributed by atoms with Gasteiger partial charge in [0.15, 0.2) is 6.10 Å². The van der Waals surface area contributed by atoms with E-state index in [2.05, 4.69) is 32.1 Å². The largest absolute Gasteiger partial charge is 0.472 e. The second kappa shape index (κ2) is 31.9. The maximum atomic E-state index is 12.6. The van der Waals surface area contributed by atoms with E-state index in [4.69, 9.17) is 18.5 Å². The number of carbonyl (C=O) groups excluding carboxylic acids is 2. The van der Waals surface area contributed by atoms with Crippen molar-refractivity contribution in [3.63, 3.8) is 0 Å². The predicted octanol–water partition coefficient (Wildman–Crippen LogP) is 9.96. The van der Waals surface area contributed by atoms with Gasteiger partial charge in [-0.15, -0.1) is 0 Å². The summed E-state index contributed by atoms with van der Waals surface area (Å²) < 4.78 is 34.1. The molecule has 0 fully saturated rings. The lowest BCUT2D eigenvalue weighted by Crippen LogP contribution is -2.37. The van der Waals surface area contributed by atoms with Crippen LogP contribution in [-0.4, -0.2) is 74.9 Å². The Labute approximate surface area is 299 Å². The maximum Gasteiger partial charge on any atom is 0.472 e. The van der Waals surface area contributed by atoms with Gasteiger partial charge in [0, 0.05) is 12.8 Å². The molecule has 0 heterocycles. The summed E-state index contributed by atoms with van der Waals surface area (Å²) in [6, 6.07) is 0. The van der Waals surface area contributed by atoms with E-state index in [-0.39, 0.29) is 32.0 Å². The normalized spacial score (nSPS) is 14.3. The van der Waals surface area contributed by atoms with Gasteiger partial charge in [0.2, 0.25) is 0 Å². The quantitative estimate of drug-likeness (QED) is 0.0236. The minimum Gasteiger partial charge on any atom is -0.462 e. The smallest absolute Gasteiger partial charge is 0.462 e. The van der Waals surface area contributed by atoms with Gasteiger partial charge in [0.1, 0.15) is 19.8 Å². The lowest BCUT2D eigenvalue weighted by atomic mass is 10.1. The predicted molar refractivity (Wildman–Crippen MR) is 201 cm³/mol. The third kappa shape index (κ3) is 35.6. The number of hydrogen-bond acceptors (Lipinski definition) is 7. The molecule has 2 atom stereocenters. The number of allylic oxidation sites excluding steroid dienone is 8. The number of nitrogens with zero attached hydrogens (tertiary/aromatic N) is 1. The number of phosphoric ester groups is 1. The number of phosphoric acid groups is 1. The van der Waals surface area contributed by atoms with Crippen molar-refractivity contribution >= 4 is 19.8 Å². The summed E-state index contributed by atoms with van der Waals surface area (Å²) in [5.41, 5.74) is 0. The number of rotatable bonds is 33. The zero-order valence-electron chi connectivity index (χ0n) is 31.7. The SMILES string of the molecule is CC/C=C/C=C/C=C/C=C/CCCCCCCC(=O)O[C@H](COC(=O)CCCCCCCCCCCC)COP(=O)(O)OCC[N+](C)(C)C. The van der Waals surface area contributed by atoms with Gasteiger partial charge in [-0.3, -0.25) is 18.6 Å². The van der Waals surface area contributed by atoms with Crippen LogP contribution in [0.25, 0.3) is 0 Å². The monoisotopic (exact) mass is 712 g/mol. The molecule has 49 heavy (non-hydrogen) atoms. The lowest BCUT2D eigenvalue weighted by molar-refractivity contribution is -0.870. The molecule has 284 valence electrons. The van der Waals surface area contributed by atoms with Gasteiger partial charge in [0.05, 0.1) is 27.7 Å². The lowest BCUT2D eigenvalue weighted by Gasteiger charge is -2.24. The van der Waals surface area contributed by atoms with Crippen molar-refractivity contribution < 1.29 is 42.1 Å². The summed E-state index contributed by atoms with van der Waals surface area (Å²) in [6.07, 6.45) is 34.4. The highest BCUT2D eigenvalue weighted by atomic mass is 31.2. The first kappa shape index (κ1) is 47.0. The summed E-state index contributed by atoms with van der Waals surface area (Å²) >= 11 is 0. The van der Waals surface area contributed by atoms with E-state index in [1.54, 1.807) is 0 Å². The minimum absolute atomic E-state index is 0.0255. The molecule has 0 saturated heterocycles. The number of carbonyl (C=O) groups is 2. The fourth-order valence-corrected chi connectivity index (χ4v) is 5.47. The molecule has 0 rings (SSSR count). The Morgan fingerprint density at radius 2 is 1.16 bits per heavy atom. The van der Waals surface area contributed by atoms with Gasteiger partial charge >= 0.3 is 19.8 Å². The summed E-state index contributed by atoms with van der Waals surface area (Å²) in [4.78, 5) is 35.1. The highest BCUT2D eigenvalue weighted by Crippen LogP contribution is 2.43. The molecule has 0 saturated carbocycles. The molecule has 0 aromatic heterocycles. The number of esters is 2. The van der Waals surface area contributed by atoms with Crippen LogP contribution in [0.2, 0.25) is 0 Å². The molecule has 0 aromatic carbocycles. The second-order valence-electron chi connectivity index (χ2n) is 13.7. The van der Waals surface area contributed by atoms with E-state index >= 15 is 0 Å². The fourth-order valence-electron chi connectivity index (χ4n) is 4.73. The van der Waals surface area contributed by atoms with Crippen molar-refractivity contribution in [1.29, 1.82) is 0 Å². The molecule has 0 radical (unpaired) electrons. The van der Waals surface area contributed by atoms with Crippen molar-refractivity contribution in [3.8, 4) is 0 Å². The molecule has 0 aliphatic rings. The number of quaternary nitrogens is 1. The van der Waals surface area contributed by atoms with Crippen molar-refractivity contribution in [2.75, 3.05) is 47.5 Å². The molecule has 0 bridgehead atoms.